The van der Waals surface area contributed by atoms with E-state index in [1.807, 2.05) is 0 Å². The van der Waals surface area contributed by atoms with Gasteiger partial charge in [0.25, 0.3) is 0 Å². The number of aliphatic hydroxyl groups is 1. The van der Waals surface area contributed by atoms with Crippen LogP contribution in [0.3, 0.4) is 0 Å². The molecule has 1 aliphatic heterocycles. The number of esters is 1. The molecule has 0 amide bonds. The number of nitrogens with zero attached hydrogens (tertiary/aromatic N) is 4. The Morgan fingerprint density at radius 2 is 2.32 bits per heavy atom. The van der Waals surface area contributed by atoms with Crippen molar-refractivity contribution in [1.29, 1.82) is 0 Å². The minimum atomic E-state index is -0.867. The van der Waals surface area contributed by atoms with Crippen LogP contribution in [0.4, 0.5) is 5.82 Å². The maximum absolute atomic E-state index is 10.9. The van der Waals surface area contributed by atoms with Gasteiger partial charge in [0.05, 0.1) is 11.2 Å². The number of hydrogen-bond acceptors (Lipinski definition) is 8. The van der Waals surface area contributed by atoms with Crippen molar-refractivity contribution >= 4 is 38.9 Å². The number of aliphatic hydroxyl groups excluding tert-OH is 1. The molecule has 1 saturated heterocycles. The van der Waals surface area contributed by atoms with Crippen LogP contribution in [0.15, 0.2) is 12.7 Å². The van der Waals surface area contributed by atoms with Gasteiger partial charge in [0.15, 0.2) is 17.7 Å². The Bertz CT molecular complexity index is 708. The molecule has 118 valence electrons. The standard InChI is InChI=1S/C12H14BrN5O4/c1-5(19)21-2-6-7(13)9(20)12(22-6)18-4-17-8-10(14)15-3-16-11(8)18/h3-4,6-7,9,12,20H,2H2,1H3,(H2,14,15,16). The number of ether oxygens (including phenoxy) is 2. The van der Waals surface area contributed by atoms with Crippen molar-refractivity contribution in [2.45, 2.75) is 30.2 Å². The Labute approximate surface area is 133 Å². The molecular formula is C12H14BrN5O4. The molecule has 9 nitrogen and oxygen atoms in total. The molecule has 2 aromatic heterocycles. The summed E-state index contributed by atoms with van der Waals surface area (Å²) in [6.07, 6.45) is 0.732. The van der Waals surface area contributed by atoms with Gasteiger partial charge in [-0.25, -0.2) is 15.0 Å². The SMILES string of the molecule is CC(=O)OCC1OC(n2cnc3c(N)ncnc32)C(O)C1Br. The summed E-state index contributed by atoms with van der Waals surface area (Å²) in [5.74, 6) is -0.155. The summed E-state index contributed by atoms with van der Waals surface area (Å²) >= 11 is 3.37. The maximum atomic E-state index is 10.9. The van der Waals surface area contributed by atoms with Crippen molar-refractivity contribution in [1.82, 2.24) is 19.5 Å². The van der Waals surface area contributed by atoms with Gasteiger partial charge in [-0.2, -0.15) is 0 Å². The van der Waals surface area contributed by atoms with Gasteiger partial charge in [0, 0.05) is 6.92 Å². The van der Waals surface area contributed by atoms with Crippen LogP contribution in [-0.4, -0.2) is 54.2 Å². The van der Waals surface area contributed by atoms with Gasteiger partial charge in [0.2, 0.25) is 0 Å². The van der Waals surface area contributed by atoms with Gasteiger partial charge in [-0.1, -0.05) is 15.9 Å². The van der Waals surface area contributed by atoms with E-state index in [0.717, 1.165) is 0 Å². The van der Waals surface area contributed by atoms with Crippen LogP contribution in [0, 0.1) is 0 Å². The van der Waals surface area contributed by atoms with Crippen LogP contribution < -0.4 is 5.73 Å². The van der Waals surface area contributed by atoms with Crippen molar-refractivity contribution in [3.63, 3.8) is 0 Å². The maximum Gasteiger partial charge on any atom is 0.302 e. The average Bonchev–Trinajstić information content (AvgIpc) is 3.01. The highest BCUT2D eigenvalue weighted by molar-refractivity contribution is 9.09. The summed E-state index contributed by atoms with van der Waals surface area (Å²) in [5.41, 5.74) is 6.64. The second-order valence-corrected chi connectivity index (χ2v) is 5.94. The van der Waals surface area contributed by atoms with E-state index in [1.54, 1.807) is 4.57 Å². The molecular weight excluding hydrogens is 358 g/mol. The highest BCUT2D eigenvalue weighted by Crippen LogP contribution is 2.35. The Kier molecular flexibility index (Phi) is 3.98. The fourth-order valence-electron chi connectivity index (χ4n) is 2.33. The number of nitrogen functional groups attached to an aromatic ring is 1. The zero-order valence-electron chi connectivity index (χ0n) is 11.6. The second-order valence-electron chi connectivity index (χ2n) is 4.89. The van der Waals surface area contributed by atoms with Gasteiger partial charge < -0.3 is 20.3 Å². The summed E-state index contributed by atoms with van der Waals surface area (Å²) in [6, 6.07) is 0. The van der Waals surface area contributed by atoms with Crippen molar-refractivity contribution < 1.29 is 19.4 Å². The largest absolute Gasteiger partial charge is 0.463 e. The first-order valence-electron chi connectivity index (χ1n) is 6.53. The van der Waals surface area contributed by atoms with Crippen LogP contribution in [0.5, 0.6) is 0 Å². The molecule has 0 aromatic carbocycles. The number of alkyl halides is 1. The van der Waals surface area contributed by atoms with Gasteiger partial charge in [-0.05, 0) is 0 Å². The van der Waals surface area contributed by atoms with Crippen LogP contribution >= 0.6 is 15.9 Å². The van der Waals surface area contributed by atoms with E-state index in [0.29, 0.717) is 11.2 Å². The lowest BCUT2D eigenvalue weighted by molar-refractivity contribution is -0.145. The molecule has 22 heavy (non-hydrogen) atoms. The first-order valence-corrected chi connectivity index (χ1v) is 7.44. The summed E-state index contributed by atoms with van der Waals surface area (Å²) in [7, 11) is 0. The topological polar surface area (TPSA) is 125 Å². The molecule has 1 aliphatic rings. The fourth-order valence-corrected chi connectivity index (χ4v) is 2.87. The Morgan fingerprint density at radius 3 is 3.05 bits per heavy atom. The number of carbonyl (C=O) groups is 1. The zero-order chi connectivity index (χ0) is 15.9. The van der Waals surface area contributed by atoms with Crippen LogP contribution in [0.2, 0.25) is 0 Å². The van der Waals surface area contributed by atoms with E-state index in [4.69, 9.17) is 15.2 Å². The number of rotatable bonds is 3. The van der Waals surface area contributed by atoms with Crippen LogP contribution in [-0.2, 0) is 14.3 Å². The number of halogens is 1. The molecule has 2 aromatic rings. The molecule has 0 bridgehead atoms. The summed E-state index contributed by atoms with van der Waals surface area (Å²) < 4.78 is 12.3. The molecule has 0 saturated carbocycles. The number of carbonyl (C=O) groups excluding carboxylic acids is 1. The molecule has 0 aliphatic carbocycles. The highest BCUT2D eigenvalue weighted by Gasteiger charge is 2.44. The van der Waals surface area contributed by atoms with Crippen molar-refractivity contribution in [3.05, 3.63) is 12.7 Å². The second kappa shape index (κ2) is 5.78. The lowest BCUT2D eigenvalue weighted by atomic mass is 10.2. The quantitative estimate of drug-likeness (QED) is 0.570. The number of aromatic nitrogens is 4. The minimum Gasteiger partial charge on any atom is -0.463 e. The van der Waals surface area contributed by atoms with E-state index >= 15 is 0 Å². The lowest BCUT2D eigenvalue weighted by Crippen LogP contribution is -2.29. The smallest absolute Gasteiger partial charge is 0.302 e. The zero-order valence-corrected chi connectivity index (χ0v) is 13.2. The van der Waals surface area contributed by atoms with Crippen molar-refractivity contribution in [2.24, 2.45) is 0 Å². The van der Waals surface area contributed by atoms with E-state index in [1.165, 1.54) is 19.6 Å². The number of fused-ring (bicyclic) bond motifs is 1. The molecule has 4 unspecified atom stereocenters. The van der Waals surface area contributed by atoms with E-state index in [2.05, 4.69) is 30.9 Å². The molecule has 1 fully saturated rings. The molecule has 3 rings (SSSR count). The molecule has 0 radical (unpaired) electrons. The third kappa shape index (κ3) is 2.53. The highest BCUT2D eigenvalue weighted by atomic mass is 79.9. The number of anilines is 1. The van der Waals surface area contributed by atoms with Gasteiger partial charge in [0.1, 0.15) is 30.7 Å². The van der Waals surface area contributed by atoms with Gasteiger partial charge in [-0.15, -0.1) is 0 Å². The van der Waals surface area contributed by atoms with Crippen molar-refractivity contribution in [3.8, 4) is 0 Å². The van der Waals surface area contributed by atoms with Crippen LogP contribution in [0.1, 0.15) is 13.2 Å². The number of nitrogens with two attached hydrogens (primary N) is 1. The molecule has 0 spiro atoms. The van der Waals surface area contributed by atoms with E-state index < -0.39 is 29.2 Å². The fraction of sp³-hybridized carbons (Fsp3) is 0.500. The number of hydrogen-bond donors (Lipinski definition) is 2. The molecule has 3 N–H and O–H groups in total. The first kappa shape index (κ1) is 15.1. The van der Waals surface area contributed by atoms with Gasteiger partial charge in [-0.3, -0.25) is 9.36 Å². The van der Waals surface area contributed by atoms with Crippen molar-refractivity contribution in [2.75, 3.05) is 12.3 Å². The first-order chi connectivity index (χ1) is 10.5. The summed E-state index contributed by atoms with van der Waals surface area (Å²) in [5, 5.41) is 10.4. The summed E-state index contributed by atoms with van der Waals surface area (Å²) in [4.78, 5) is 22.6. The Balaban J connectivity index is 1.87. The Hall–Kier alpha value is -1.78. The monoisotopic (exact) mass is 371 g/mol. The average molecular weight is 372 g/mol. The van der Waals surface area contributed by atoms with E-state index in [-0.39, 0.29) is 12.4 Å². The summed E-state index contributed by atoms with van der Waals surface area (Å²) in [6.45, 7) is 1.36. The predicted octanol–water partition coefficient (Wildman–Crippen LogP) is -0.00660. The number of imidazole rings is 1. The Morgan fingerprint density at radius 1 is 1.55 bits per heavy atom. The normalized spacial score (nSPS) is 28.1. The van der Waals surface area contributed by atoms with E-state index in [9.17, 15) is 9.90 Å². The molecule has 4 atom stereocenters. The third-order valence-corrected chi connectivity index (χ3v) is 4.53. The lowest BCUT2D eigenvalue weighted by Gasteiger charge is -2.16. The van der Waals surface area contributed by atoms with Crippen LogP contribution in [0.25, 0.3) is 11.2 Å². The third-order valence-electron chi connectivity index (χ3n) is 3.40. The predicted molar refractivity (Wildman–Crippen MR) is 79.0 cm³/mol. The molecule has 3 heterocycles. The molecule has 10 heteroatoms. The minimum absolute atomic E-state index is 0.0442. The van der Waals surface area contributed by atoms with Gasteiger partial charge >= 0.3 is 5.97 Å².